The number of nitrogens with two attached hydrogens (primary N) is 1. The second kappa shape index (κ2) is 8.89. The minimum atomic E-state index is 0.690. The van der Waals surface area contributed by atoms with Gasteiger partial charge >= 0.3 is 0 Å². The van der Waals surface area contributed by atoms with E-state index in [4.69, 9.17) is 10.5 Å². The van der Waals surface area contributed by atoms with Crippen molar-refractivity contribution in [3.05, 3.63) is 0 Å². The summed E-state index contributed by atoms with van der Waals surface area (Å²) in [5, 5.41) is 0. The van der Waals surface area contributed by atoms with E-state index in [0.717, 1.165) is 31.6 Å². The van der Waals surface area contributed by atoms with Gasteiger partial charge in [0.25, 0.3) is 0 Å². The van der Waals surface area contributed by atoms with Crippen LogP contribution in [0.3, 0.4) is 0 Å². The second-order valence-corrected chi connectivity index (χ2v) is 6.37. The third kappa shape index (κ3) is 6.72. The molecule has 1 fully saturated rings. The number of rotatable bonds is 8. The summed E-state index contributed by atoms with van der Waals surface area (Å²) in [6, 6.07) is 0. The van der Waals surface area contributed by atoms with Gasteiger partial charge in [0.1, 0.15) is 0 Å². The highest BCUT2D eigenvalue weighted by atomic mass is 16.5. The molecule has 0 saturated carbocycles. The maximum Gasteiger partial charge on any atom is 0.0506 e. The Bertz CT molecular complexity index is 203. The lowest BCUT2D eigenvalue weighted by molar-refractivity contribution is 0.0414. The summed E-state index contributed by atoms with van der Waals surface area (Å²) in [7, 11) is 2.23. The predicted octanol–water partition coefficient (Wildman–Crippen LogP) is 2.36. The van der Waals surface area contributed by atoms with Gasteiger partial charge in [-0.25, -0.2) is 0 Å². The summed E-state index contributed by atoms with van der Waals surface area (Å²) in [6.45, 7) is 9.67. The van der Waals surface area contributed by atoms with Crippen molar-refractivity contribution >= 4 is 0 Å². The molecule has 1 saturated heterocycles. The number of ether oxygens (including phenoxy) is 1. The van der Waals surface area contributed by atoms with E-state index in [0.29, 0.717) is 5.92 Å². The van der Waals surface area contributed by atoms with Crippen LogP contribution in [0.4, 0.5) is 0 Å². The van der Waals surface area contributed by atoms with Crippen LogP contribution >= 0.6 is 0 Å². The minimum absolute atomic E-state index is 0.690. The molecule has 2 unspecified atom stereocenters. The molecule has 0 spiro atoms. The fourth-order valence-corrected chi connectivity index (χ4v) is 2.89. The molecule has 0 bridgehead atoms. The van der Waals surface area contributed by atoms with Crippen LogP contribution in [0, 0.1) is 17.8 Å². The summed E-state index contributed by atoms with van der Waals surface area (Å²) in [5.41, 5.74) is 5.85. The lowest BCUT2D eigenvalue weighted by Crippen LogP contribution is -2.33. The van der Waals surface area contributed by atoms with Crippen LogP contribution in [0.2, 0.25) is 0 Å². The third-order valence-electron chi connectivity index (χ3n) is 3.88. The highest BCUT2D eigenvalue weighted by Gasteiger charge is 2.16. The molecule has 0 amide bonds. The second-order valence-electron chi connectivity index (χ2n) is 6.37. The summed E-state index contributed by atoms with van der Waals surface area (Å²) in [4.78, 5) is 2.46. The smallest absolute Gasteiger partial charge is 0.0506 e. The standard InChI is InChI=1S/C15H32N2O/c1-13(2)9-14(10-16)6-7-17(3)11-15-5-4-8-18-12-15/h13-15H,4-12,16H2,1-3H3. The molecule has 0 aromatic carbocycles. The Morgan fingerprint density at radius 2 is 2.17 bits per heavy atom. The van der Waals surface area contributed by atoms with Crippen molar-refractivity contribution in [3.8, 4) is 0 Å². The molecule has 0 radical (unpaired) electrons. The van der Waals surface area contributed by atoms with E-state index in [1.54, 1.807) is 0 Å². The van der Waals surface area contributed by atoms with Crippen LogP contribution in [0.1, 0.15) is 39.5 Å². The molecule has 0 aromatic rings. The van der Waals surface area contributed by atoms with E-state index >= 15 is 0 Å². The van der Waals surface area contributed by atoms with Crippen molar-refractivity contribution in [2.75, 3.05) is 39.9 Å². The Balaban J connectivity index is 2.16. The van der Waals surface area contributed by atoms with Gasteiger partial charge in [-0.3, -0.25) is 0 Å². The zero-order valence-electron chi connectivity index (χ0n) is 12.5. The van der Waals surface area contributed by atoms with Crippen LogP contribution in [-0.4, -0.2) is 44.8 Å². The topological polar surface area (TPSA) is 38.5 Å². The highest BCUT2D eigenvalue weighted by Crippen LogP contribution is 2.17. The van der Waals surface area contributed by atoms with Gasteiger partial charge < -0.3 is 15.4 Å². The molecule has 1 aliphatic rings. The van der Waals surface area contributed by atoms with Crippen molar-refractivity contribution < 1.29 is 4.74 Å². The first kappa shape index (κ1) is 15.9. The summed E-state index contributed by atoms with van der Waals surface area (Å²) in [6.07, 6.45) is 5.06. The molecule has 3 nitrogen and oxygen atoms in total. The average molecular weight is 256 g/mol. The van der Waals surface area contributed by atoms with Gasteiger partial charge in [-0.2, -0.15) is 0 Å². The van der Waals surface area contributed by atoms with Gasteiger partial charge in [0, 0.05) is 13.2 Å². The molecule has 1 heterocycles. The van der Waals surface area contributed by atoms with Gasteiger partial charge in [-0.05, 0) is 63.6 Å². The minimum Gasteiger partial charge on any atom is -0.381 e. The molecule has 1 rings (SSSR count). The monoisotopic (exact) mass is 256 g/mol. The first-order valence-electron chi connectivity index (χ1n) is 7.58. The van der Waals surface area contributed by atoms with E-state index in [2.05, 4.69) is 25.8 Å². The Hall–Kier alpha value is -0.120. The quantitative estimate of drug-likeness (QED) is 0.724. The van der Waals surface area contributed by atoms with E-state index in [1.807, 2.05) is 0 Å². The summed E-state index contributed by atoms with van der Waals surface area (Å²) >= 11 is 0. The molecule has 18 heavy (non-hydrogen) atoms. The Morgan fingerprint density at radius 3 is 2.72 bits per heavy atom. The van der Waals surface area contributed by atoms with Gasteiger partial charge in [0.05, 0.1) is 6.61 Å². The first-order valence-corrected chi connectivity index (χ1v) is 7.58. The molecule has 2 N–H and O–H groups in total. The highest BCUT2D eigenvalue weighted by molar-refractivity contribution is 4.69. The zero-order valence-corrected chi connectivity index (χ0v) is 12.5. The van der Waals surface area contributed by atoms with Crippen molar-refractivity contribution in [1.29, 1.82) is 0 Å². The van der Waals surface area contributed by atoms with Gasteiger partial charge in [0.15, 0.2) is 0 Å². The van der Waals surface area contributed by atoms with E-state index in [9.17, 15) is 0 Å². The largest absolute Gasteiger partial charge is 0.381 e. The third-order valence-corrected chi connectivity index (χ3v) is 3.88. The van der Waals surface area contributed by atoms with Gasteiger partial charge in [-0.1, -0.05) is 13.8 Å². The van der Waals surface area contributed by atoms with Crippen LogP contribution in [0.5, 0.6) is 0 Å². The zero-order chi connectivity index (χ0) is 13.4. The Kier molecular flexibility index (Phi) is 7.87. The molecular weight excluding hydrogens is 224 g/mol. The van der Waals surface area contributed by atoms with Gasteiger partial charge in [-0.15, -0.1) is 0 Å². The number of nitrogens with zero attached hydrogens (tertiary/aromatic N) is 1. The molecular formula is C15H32N2O. The van der Waals surface area contributed by atoms with Crippen LogP contribution in [0.25, 0.3) is 0 Å². The molecule has 108 valence electrons. The maximum atomic E-state index is 5.85. The van der Waals surface area contributed by atoms with E-state index in [1.165, 1.54) is 38.8 Å². The average Bonchev–Trinajstić information content (AvgIpc) is 2.35. The first-order chi connectivity index (χ1) is 8.61. The maximum absolute atomic E-state index is 5.85. The fraction of sp³-hybridized carbons (Fsp3) is 1.00. The molecule has 1 aliphatic heterocycles. The summed E-state index contributed by atoms with van der Waals surface area (Å²) < 4.78 is 5.54. The SMILES string of the molecule is CC(C)CC(CN)CCN(C)CC1CCCOC1. The molecule has 3 heteroatoms. The Labute approximate surface area is 113 Å². The van der Waals surface area contributed by atoms with Crippen LogP contribution < -0.4 is 5.73 Å². The van der Waals surface area contributed by atoms with Crippen LogP contribution in [0.15, 0.2) is 0 Å². The van der Waals surface area contributed by atoms with E-state index in [-0.39, 0.29) is 0 Å². The lowest BCUT2D eigenvalue weighted by Gasteiger charge is -2.28. The fourth-order valence-electron chi connectivity index (χ4n) is 2.89. The lowest BCUT2D eigenvalue weighted by atomic mass is 9.94. The normalized spacial score (nSPS) is 22.7. The van der Waals surface area contributed by atoms with Crippen molar-refractivity contribution in [2.24, 2.45) is 23.5 Å². The van der Waals surface area contributed by atoms with Crippen molar-refractivity contribution in [3.63, 3.8) is 0 Å². The predicted molar refractivity (Wildman–Crippen MR) is 77.7 cm³/mol. The Morgan fingerprint density at radius 1 is 1.39 bits per heavy atom. The van der Waals surface area contributed by atoms with Crippen LogP contribution in [-0.2, 0) is 4.74 Å². The van der Waals surface area contributed by atoms with Crippen molar-refractivity contribution in [2.45, 2.75) is 39.5 Å². The van der Waals surface area contributed by atoms with Gasteiger partial charge in [0.2, 0.25) is 0 Å². The number of hydrogen-bond donors (Lipinski definition) is 1. The van der Waals surface area contributed by atoms with E-state index < -0.39 is 0 Å². The summed E-state index contributed by atoms with van der Waals surface area (Å²) in [5.74, 6) is 2.19. The molecule has 0 aromatic heterocycles. The van der Waals surface area contributed by atoms with Crippen molar-refractivity contribution in [1.82, 2.24) is 4.90 Å². The molecule has 2 atom stereocenters. The molecule has 0 aliphatic carbocycles. The number of hydrogen-bond acceptors (Lipinski definition) is 3.